The van der Waals surface area contributed by atoms with Gasteiger partial charge in [0.15, 0.2) is 0 Å². The molecule has 26 heavy (non-hydrogen) atoms. The molecule has 0 heterocycles. The molecule has 0 bridgehead atoms. The molecular formula is C22H16N2O2. The van der Waals surface area contributed by atoms with Crippen molar-refractivity contribution in [2.75, 3.05) is 0 Å². The first kappa shape index (κ1) is 15.8. The number of rotatable bonds is 2. The van der Waals surface area contributed by atoms with Crippen molar-refractivity contribution in [3.05, 3.63) is 96.1 Å². The van der Waals surface area contributed by atoms with Gasteiger partial charge >= 0.3 is 0 Å². The van der Waals surface area contributed by atoms with Gasteiger partial charge in [0.25, 0.3) is 11.8 Å². The predicted molar refractivity (Wildman–Crippen MR) is 103 cm³/mol. The van der Waals surface area contributed by atoms with E-state index in [9.17, 15) is 9.59 Å². The summed E-state index contributed by atoms with van der Waals surface area (Å²) in [6.45, 7) is 0. The maximum Gasteiger partial charge on any atom is 0.270 e. The average molecular weight is 340 g/mol. The standard InChI is InChI=1S/C22H16N2O2/c25-21(19-13-5-9-15-7-1-3-11-17(15)19)23-24-22(26)20-14-6-10-16-8-2-4-12-18(16)20/h1-14H,(H,23,25)(H,24,26). The molecule has 0 atom stereocenters. The van der Waals surface area contributed by atoms with Gasteiger partial charge in [-0.1, -0.05) is 72.8 Å². The Labute approximate surface area is 150 Å². The molecule has 0 aliphatic rings. The Hall–Kier alpha value is -3.66. The lowest BCUT2D eigenvalue weighted by molar-refractivity contribution is 0.0848. The molecular weight excluding hydrogens is 324 g/mol. The largest absolute Gasteiger partial charge is 0.270 e. The Morgan fingerprint density at radius 3 is 1.35 bits per heavy atom. The van der Waals surface area contributed by atoms with Crippen molar-refractivity contribution in [1.29, 1.82) is 0 Å². The Morgan fingerprint density at radius 2 is 0.885 bits per heavy atom. The number of benzene rings is 4. The summed E-state index contributed by atoms with van der Waals surface area (Å²) in [7, 11) is 0. The maximum absolute atomic E-state index is 12.5. The van der Waals surface area contributed by atoms with Crippen molar-refractivity contribution < 1.29 is 9.59 Å². The van der Waals surface area contributed by atoms with E-state index in [0.717, 1.165) is 21.5 Å². The van der Waals surface area contributed by atoms with E-state index in [0.29, 0.717) is 11.1 Å². The summed E-state index contributed by atoms with van der Waals surface area (Å²) in [6.07, 6.45) is 0. The van der Waals surface area contributed by atoms with E-state index in [2.05, 4.69) is 10.9 Å². The first-order valence-corrected chi connectivity index (χ1v) is 8.30. The third-order valence-corrected chi connectivity index (χ3v) is 4.36. The molecule has 0 saturated heterocycles. The van der Waals surface area contributed by atoms with Crippen molar-refractivity contribution in [3.63, 3.8) is 0 Å². The van der Waals surface area contributed by atoms with Crippen LogP contribution in [-0.2, 0) is 0 Å². The van der Waals surface area contributed by atoms with Crippen molar-refractivity contribution in [3.8, 4) is 0 Å². The highest BCUT2D eigenvalue weighted by atomic mass is 16.2. The summed E-state index contributed by atoms with van der Waals surface area (Å²) in [5, 5.41) is 3.62. The molecule has 126 valence electrons. The van der Waals surface area contributed by atoms with E-state index in [4.69, 9.17) is 0 Å². The first-order valence-electron chi connectivity index (χ1n) is 8.30. The van der Waals surface area contributed by atoms with Gasteiger partial charge in [0.1, 0.15) is 0 Å². The molecule has 4 heteroatoms. The zero-order valence-corrected chi connectivity index (χ0v) is 13.9. The third-order valence-electron chi connectivity index (χ3n) is 4.36. The molecule has 0 aliphatic carbocycles. The fourth-order valence-corrected chi connectivity index (χ4v) is 3.10. The Balaban J connectivity index is 1.56. The number of carbonyl (C=O) groups is 2. The molecule has 2 amide bonds. The van der Waals surface area contributed by atoms with Gasteiger partial charge in [-0.2, -0.15) is 0 Å². The topological polar surface area (TPSA) is 58.2 Å². The monoisotopic (exact) mass is 340 g/mol. The van der Waals surface area contributed by atoms with Crippen molar-refractivity contribution in [2.24, 2.45) is 0 Å². The van der Waals surface area contributed by atoms with Crippen molar-refractivity contribution in [1.82, 2.24) is 10.9 Å². The van der Waals surface area contributed by atoms with Crippen LogP contribution in [0.5, 0.6) is 0 Å². The van der Waals surface area contributed by atoms with Gasteiger partial charge in [-0.05, 0) is 33.7 Å². The highest BCUT2D eigenvalue weighted by Gasteiger charge is 2.13. The second-order valence-corrected chi connectivity index (χ2v) is 5.96. The number of hydrogen-bond donors (Lipinski definition) is 2. The van der Waals surface area contributed by atoms with Gasteiger partial charge in [0, 0.05) is 11.1 Å². The van der Waals surface area contributed by atoms with E-state index >= 15 is 0 Å². The van der Waals surface area contributed by atoms with Crippen LogP contribution in [0.1, 0.15) is 20.7 Å². The van der Waals surface area contributed by atoms with Crippen LogP contribution in [0.4, 0.5) is 0 Å². The third kappa shape index (κ3) is 2.89. The van der Waals surface area contributed by atoms with Crippen LogP contribution in [0.25, 0.3) is 21.5 Å². The second kappa shape index (κ2) is 6.69. The smallest absolute Gasteiger partial charge is 0.267 e. The van der Waals surface area contributed by atoms with Crippen LogP contribution in [0.3, 0.4) is 0 Å². The number of amides is 2. The lowest BCUT2D eigenvalue weighted by Gasteiger charge is -2.11. The molecule has 0 fully saturated rings. The summed E-state index contributed by atoms with van der Waals surface area (Å²) in [6, 6.07) is 26.3. The fraction of sp³-hybridized carbons (Fsp3) is 0. The minimum atomic E-state index is -0.351. The Bertz CT molecular complexity index is 1030. The van der Waals surface area contributed by atoms with Crippen molar-refractivity contribution >= 4 is 33.4 Å². The second-order valence-electron chi connectivity index (χ2n) is 5.96. The van der Waals surface area contributed by atoms with Crippen LogP contribution in [-0.4, -0.2) is 11.8 Å². The fourth-order valence-electron chi connectivity index (χ4n) is 3.10. The molecule has 0 aliphatic heterocycles. The van der Waals surface area contributed by atoms with Gasteiger partial charge < -0.3 is 0 Å². The molecule has 0 radical (unpaired) electrons. The normalized spacial score (nSPS) is 10.6. The molecule has 4 aromatic carbocycles. The number of fused-ring (bicyclic) bond motifs is 2. The zero-order valence-electron chi connectivity index (χ0n) is 13.9. The van der Waals surface area contributed by atoms with E-state index in [1.165, 1.54) is 0 Å². The van der Waals surface area contributed by atoms with Crippen LogP contribution in [0.2, 0.25) is 0 Å². The van der Waals surface area contributed by atoms with Gasteiger partial charge in [0.2, 0.25) is 0 Å². The molecule has 2 N–H and O–H groups in total. The lowest BCUT2D eigenvalue weighted by atomic mass is 10.0. The minimum Gasteiger partial charge on any atom is -0.267 e. The van der Waals surface area contributed by atoms with Gasteiger partial charge in [-0.15, -0.1) is 0 Å². The van der Waals surface area contributed by atoms with Crippen LogP contribution in [0, 0.1) is 0 Å². The predicted octanol–water partition coefficient (Wildman–Crippen LogP) is 4.07. The highest BCUT2D eigenvalue weighted by molar-refractivity contribution is 6.10. The van der Waals surface area contributed by atoms with Crippen LogP contribution < -0.4 is 10.9 Å². The molecule has 0 spiro atoms. The average Bonchev–Trinajstić information content (AvgIpc) is 2.71. The quantitative estimate of drug-likeness (QED) is 0.541. The molecule has 4 nitrogen and oxygen atoms in total. The summed E-state index contributed by atoms with van der Waals surface area (Å²) in [5.74, 6) is -0.703. The highest BCUT2D eigenvalue weighted by Crippen LogP contribution is 2.19. The van der Waals surface area contributed by atoms with E-state index in [1.54, 1.807) is 12.1 Å². The van der Waals surface area contributed by atoms with Gasteiger partial charge in [0.05, 0.1) is 0 Å². The summed E-state index contributed by atoms with van der Waals surface area (Å²) in [5.41, 5.74) is 6.06. The van der Waals surface area contributed by atoms with E-state index in [-0.39, 0.29) is 11.8 Å². The van der Waals surface area contributed by atoms with Gasteiger partial charge in [-0.3, -0.25) is 20.4 Å². The Morgan fingerprint density at radius 1 is 0.500 bits per heavy atom. The van der Waals surface area contributed by atoms with E-state index < -0.39 is 0 Å². The summed E-state index contributed by atoms with van der Waals surface area (Å²) >= 11 is 0. The first-order chi connectivity index (χ1) is 12.7. The zero-order chi connectivity index (χ0) is 17.9. The minimum absolute atomic E-state index is 0.351. The number of hydrazine groups is 1. The van der Waals surface area contributed by atoms with Gasteiger partial charge in [-0.25, -0.2) is 0 Å². The number of carbonyl (C=O) groups excluding carboxylic acids is 2. The molecule has 0 aromatic heterocycles. The molecule has 0 unspecified atom stereocenters. The van der Waals surface area contributed by atoms with E-state index in [1.807, 2.05) is 72.8 Å². The molecule has 4 aromatic rings. The maximum atomic E-state index is 12.5. The Kier molecular flexibility index (Phi) is 4.07. The lowest BCUT2D eigenvalue weighted by Crippen LogP contribution is -2.41. The number of nitrogens with one attached hydrogen (secondary N) is 2. The SMILES string of the molecule is O=C(NNC(=O)c1cccc2ccccc12)c1cccc2ccccc12. The number of hydrogen-bond acceptors (Lipinski definition) is 2. The molecule has 0 saturated carbocycles. The van der Waals surface area contributed by atoms with Crippen LogP contribution in [0.15, 0.2) is 84.9 Å². The summed E-state index contributed by atoms with van der Waals surface area (Å²) in [4.78, 5) is 25.1. The molecule has 4 rings (SSSR count). The summed E-state index contributed by atoms with van der Waals surface area (Å²) < 4.78 is 0. The van der Waals surface area contributed by atoms with Crippen LogP contribution >= 0.6 is 0 Å². The van der Waals surface area contributed by atoms with Crippen molar-refractivity contribution in [2.45, 2.75) is 0 Å².